The predicted molar refractivity (Wildman–Crippen MR) is 86.8 cm³/mol. The topological polar surface area (TPSA) is 55.1 Å². The van der Waals surface area contributed by atoms with Crippen LogP contribution in [-0.2, 0) is 13.1 Å². The Morgan fingerprint density at radius 3 is 2.64 bits per heavy atom. The summed E-state index contributed by atoms with van der Waals surface area (Å²) >= 11 is 7.53. The van der Waals surface area contributed by atoms with Crippen LogP contribution < -0.4 is 0 Å². The quantitative estimate of drug-likeness (QED) is 0.710. The van der Waals surface area contributed by atoms with Crippen molar-refractivity contribution in [3.63, 3.8) is 0 Å². The second kappa shape index (κ2) is 6.56. The molecule has 2 heterocycles. The molecule has 0 amide bonds. The van der Waals surface area contributed by atoms with Gasteiger partial charge in [-0.15, -0.1) is 21.5 Å². The van der Waals surface area contributed by atoms with E-state index in [-0.39, 0.29) is 0 Å². The van der Waals surface area contributed by atoms with Gasteiger partial charge in [0.05, 0.1) is 17.2 Å². The lowest BCUT2D eigenvalue weighted by molar-refractivity contribution is 0.280. The van der Waals surface area contributed by atoms with Crippen molar-refractivity contribution in [2.24, 2.45) is 0 Å². The lowest BCUT2D eigenvalue weighted by Gasteiger charge is -2.11. The first-order valence-electron chi connectivity index (χ1n) is 6.78. The van der Waals surface area contributed by atoms with Crippen LogP contribution in [0.25, 0.3) is 11.5 Å². The van der Waals surface area contributed by atoms with Gasteiger partial charge in [-0.05, 0) is 38.2 Å². The molecule has 0 bridgehead atoms. The first-order valence-corrected chi connectivity index (χ1v) is 8.04. The Bertz CT molecular complexity index is 753. The van der Waals surface area contributed by atoms with Crippen LogP contribution in [0.1, 0.15) is 16.6 Å². The average Bonchev–Trinajstić information content (AvgIpc) is 3.09. The van der Waals surface area contributed by atoms with Crippen molar-refractivity contribution in [2.75, 3.05) is 7.05 Å². The smallest absolute Gasteiger partial charge is 0.247 e. The van der Waals surface area contributed by atoms with E-state index in [0.29, 0.717) is 23.3 Å². The summed E-state index contributed by atoms with van der Waals surface area (Å²) in [5.74, 6) is 1.09. The van der Waals surface area contributed by atoms with Gasteiger partial charge in [-0.3, -0.25) is 4.90 Å². The Kier molecular flexibility index (Phi) is 4.52. The fourth-order valence-corrected chi connectivity index (χ4v) is 2.80. The zero-order valence-corrected chi connectivity index (χ0v) is 13.9. The minimum atomic E-state index is 0.504. The molecule has 2 aromatic heterocycles. The molecule has 1 aromatic carbocycles. The highest BCUT2D eigenvalue weighted by Gasteiger charge is 2.11. The fourth-order valence-electron chi connectivity index (χ4n) is 2.07. The second-order valence-corrected chi connectivity index (χ2v) is 6.54. The zero-order valence-electron chi connectivity index (χ0n) is 12.3. The highest BCUT2D eigenvalue weighted by molar-refractivity contribution is 7.09. The summed E-state index contributed by atoms with van der Waals surface area (Å²) < 4.78 is 5.70. The minimum Gasteiger partial charge on any atom is -0.419 e. The van der Waals surface area contributed by atoms with Gasteiger partial charge in [-0.2, -0.15) is 0 Å². The van der Waals surface area contributed by atoms with Crippen LogP contribution in [0.4, 0.5) is 0 Å². The molecule has 0 aliphatic rings. The number of benzene rings is 1. The van der Waals surface area contributed by atoms with E-state index in [4.69, 9.17) is 16.0 Å². The summed E-state index contributed by atoms with van der Waals surface area (Å²) in [6, 6.07) is 7.33. The number of nitrogens with zero attached hydrogens (tertiary/aromatic N) is 4. The summed E-state index contributed by atoms with van der Waals surface area (Å²) in [4.78, 5) is 6.54. The highest BCUT2D eigenvalue weighted by atomic mass is 35.5. The maximum absolute atomic E-state index is 5.87. The SMILES string of the molecule is Cc1nc(CN(C)Cc2nnc(-c3ccc(Cl)cc3)o2)cs1. The third-order valence-corrected chi connectivity index (χ3v) is 4.14. The molecule has 0 spiro atoms. The number of halogens is 1. The molecule has 22 heavy (non-hydrogen) atoms. The van der Waals surface area contributed by atoms with Crippen molar-refractivity contribution in [1.29, 1.82) is 0 Å². The lowest BCUT2D eigenvalue weighted by Crippen LogP contribution is -2.17. The number of hydrogen-bond acceptors (Lipinski definition) is 6. The van der Waals surface area contributed by atoms with E-state index in [0.717, 1.165) is 22.8 Å². The molecule has 0 radical (unpaired) electrons. The summed E-state index contributed by atoms with van der Waals surface area (Å²) in [6.07, 6.45) is 0. The van der Waals surface area contributed by atoms with Crippen molar-refractivity contribution < 1.29 is 4.42 Å². The van der Waals surface area contributed by atoms with Crippen molar-refractivity contribution >= 4 is 22.9 Å². The number of rotatable bonds is 5. The van der Waals surface area contributed by atoms with Crippen LogP contribution in [0.2, 0.25) is 5.02 Å². The van der Waals surface area contributed by atoms with Crippen LogP contribution >= 0.6 is 22.9 Å². The largest absolute Gasteiger partial charge is 0.419 e. The van der Waals surface area contributed by atoms with E-state index < -0.39 is 0 Å². The molecule has 0 saturated heterocycles. The van der Waals surface area contributed by atoms with Crippen LogP contribution in [0.15, 0.2) is 34.1 Å². The summed E-state index contributed by atoms with van der Waals surface area (Å²) in [6.45, 7) is 3.34. The zero-order chi connectivity index (χ0) is 15.5. The maximum atomic E-state index is 5.87. The Balaban J connectivity index is 1.65. The molecule has 3 rings (SSSR count). The van der Waals surface area contributed by atoms with Crippen LogP contribution in [-0.4, -0.2) is 27.1 Å². The van der Waals surface area contributed by atoms with Gasteiger partial charge in [0.25, 0.3) is 0 Å². The number of hydrogen-bond donors (Lipinski definition) is 0. The Hall–Kier alpha value is -1.76. The molecule has 0 aliphatic heterocycles. The minimum absolute atomic E-state index is 0.504. The molecular weight excluding hydrogens is 320 g/mol. The summed E-state index contributed by atoms with van der Waals surface area (Å²) in [5, 5.41) is 12.0. The van der Waals surface area contributed by atoms with Crippen molar-refractivity contribution in [3.05, 3.63) is 51.3 Å². The monoisotopic (exact) mass is 334 g/mol. The third-order valence-electron chi connectivity index (χ3n) is 3.06. The van der Waals surface area contributed by atoms with Crippen LogP contribution in [0.5, 0.6) is 0 Å². The third kappa shape index (κ3) is 3.71. The Labute approximate surface area is 137 Å². The fraction of sp³-hybridized carbons (Fsp3) is 0.267. The maximum Gasteiger partial charge on any atom is 0.247 e. The average molecular weight is 335 g/mol. The van der Waals surface area contributed by atoms with Gasteiger partial charge in [0, 0.05) is 22.5 Å². The lowest BCUT2D eigenvalue weighted by atomic mass is 10.2. The molecule has 0 saturated carbocycles. The Morgan fingerprint density at radius 2 is 1.95 bits per heavy atom. The van der Waals surface area contributed by atoms with Gasteiger partial charge < -0.3 is 4.42 Å². The summed E-state index contributed by atoms with van der Waals surface area (Å²) in [7, 11) is 2.00. The van der Waals surface area contributed by atoms with Gasteiger partial charge in [-0.1, -0.05) is 11.6 Å². The molecule has 0 N–H and O–H groups in total. The molecule has 0 aliphatic carbocycles. The van der Waals surface area contributed by atoms with Crippen molar-refractivity contribution in [3.8, 4) is 11.5 Å². The first kappa shape index (κ1) is 15.1. The van der Waals surface area contributed by atoms with E-state index in [2.05, 4.69) is 25.5 Å². The van der Waals surface area contributed by atoms with Gasteiger partial charge in [0.2, 0.25) is 11.8 Å². The van der Waals surface area contributed by atoms with E-state index >= 15 is 0 Å². The van der Waals surface area contributed by atoms with Crippen LogP contribution in [0, 0.1) is 6.92 Å². The van der Waals surface area contributed by atoms with Crippen molar-refractivity contribution in [1.82, 2.24) is 20.1 Å². The first-order chi connectivity index (χ1) is 10.6. The summed E-state index contributed by atoms with van der Waals surface area (Å²) in [5.41, 5.74) is 1.92. The number of aromatic nitrogens is 3. The van der Waals surface area contributed by atoms with E-state index in [9.17, 15) is 0 Å². The second-order valence-electron chi connectivity index (χ2n) is 5.04. The molecule has 0 unspecified atom stereocenters. The molecule has 3 aromatic rings. The molecule has 114 valence electrons. The standard InChI is InChI=1S/C15H15ClN4OS/c1-10-17-13(9-22-10)7-20(2)8-14-18-19-15(21-14)11-3-5-12(16)6-4-11/h3-6,9H,7-8H2,1-2H3. The number of aryl methyl sites for hydroxylation is 1. The molecular formula is C15H15ClN4OS. The normalized spacial score (nSPS) is 11.3. The van der Waals surface area contributed by atoms with Gasteiger partial charge in [0.15, 0.2) is 0 Å². The van der Waals surface area contributed by atoms with Gasteiger partial charge in [0.1, 0.15) is 0 Å². The van der Waals surface area contributed by atoms with Crippen LogP contribution in [0.3, 0.4) is 0 Å². The van der Waals surface area contributed by atoms with E-state index in [1.165, 1.54) is 0 Å². The van der Waals surface area contributed by atoms with Crippen molar-refractivity contribution in [2.45, 2.75) is 20.0 Å². The van der Waals surface area contributed by atoms with E-state index in [1.807, 2.05) is 26.1 Å². The molecule has 7 heteroatoms. The van der Waals surface area contributed by atoms with Gasteiger partial charge >= 0.3 is 0 Å². The number of thiazole rings is 1. The van der Waals surface area contributed by atoms with E-state index in [1.54, 1.807) is 23.5 Å². The molecule has 0 atom stereocenters. The Morgan fingerprint density at radius 1 is 1.18 bits per heavy atom. The molecule has 0 fully saturated rings. The predicted octanol–water partition coefficient (Wildman–Crippen LogP) is 3.79. The van der Waals surface area contributed by atoms with Gasteiger partial charge in [-0.25, -0.2) is 4.98 Å². The highest BCUT2D eigenvalue weighted by Crippen LogP contribution is 2.20. The molecule has 5 nitrogen and oxygen atoms in total.